The highest BCUT2D eigenvalue weighted by Crippen LogP contribution is 2.18. The molecule has 118 valence electrons. The Morgan fingerprint density at radius 1 is 1.26 bits per heavy atom. The van der Waals surface area contributed by atoms with Crippen LogP contribution in [0.4, 0.5) is 5.69 Å². The van der Waals surface area contributed by atoms with Crippen molar-refractivity contribution in [1.29, 1.82) is 0 Å². The van der Waals surface area contributed by atoms with Gasteiger partial charge in [0.1, 0.15) is 12.4 Å². The Bertz CT molecular complexity index is 825. The third-order valence-corrected chi connectivity index (χ3v) is 3.46. The van der Waals surface area contributed by atoms with E-state index in [0.717, 1.165) is 11.0 Å². The minimum absolute atomic E-state index is 0.0332. The minimum atomic E-state index is -0.193. The van der Waals surface area contributed by atoms with Gasteiger partial charge in [-0.2, -0.15) is 0 Å². The van der Waals surface area contributed by atoms with Gasteiger partial charge in [0, 0.05) is 18.3 Å². The third-order valence-electron chi connectivity index (χ3n) is 3.46. The Balaban J connectivity index is 1.72. The first-order valence-electron chi connectivity index (χ1n) is 7.23. The van der Waals surface area contributed by atoms with Crippen molar-refractivity contribution in [2.45, 2.75) is 0 Å². The lowest BCUT2D eigenvalue weighted by Crippen LogP contribution is -2.11. The van der Waals surface area contributed by atoms with Gasteiger partial charge in [-0.05, 0) is 42.5 Å². The molecule has 0 bridgehead atoms. The monoisotopic (exact) mass is 311 g/mol. The second-order valence-corrected chi connectivity index (χ2v) is 5.11. The van der Waals surface area contributed by atoms with Gasteiger partial charge in [-0.25, -0.2) is 4.98 Å². The number of aliphatic hydroxyl groups excluding tert-OH is 1. The van der Waals surface area contributed by atoms with Gasteiger partial charge in [-0.3, -0.25) is 4.79 Å². The summed E-state index contributed by atoms with van der Waals surface area (Å²) in [6, 6.07) is 12.4. The van der Waals surface area contributed by atoms with Crippen molar-refractivity contribution in [1.82, 2.24) is 9.55 Å². The highest BCUT2D eigenvalue weighted by molar-refractivity contribution is 6.05. The van der Waals surface area contributed by atoms with Crippen LogP contribution in [0.2, 0.25) is 0 Å². The van der Waals surface area contributed by atoms with Gasteiger partial charge >= 0.3 is 0 Å². The van der Waals surface area contributed by atoms with Crippen molar-refractivity contribution in [2.75, 3.05) is 18.5 Å². The van der Waals surface area contributed by atoms with Crippen molar-refractivity contribution in [3.05, 3.63) is 54.4 Å². The summed E-state index contributed by atoms with van der Waals surface area (Å²) >= 11 is 0. The summed E-state index contributed by atoms with van der Waals surface area (Å²) < 4.78 is 7.18. The number of benzene rings is 2. The van der Waals surface area contributed by atoms with Crippen LogP contribution in [0.3, 0.4) is 0 Å². The molecule has 1 aromatic heterocycles. The molecule has 0 aliphatic heterocycles. The fourth-order valence-electron chi connectivity index (χ4n) is 2.28. The molecule has 1 heterocycles. The number of anilines is 1. The lowest BCUT2D eigenvalue weighted by Gasteiger charge is -2.08. The van der Waals surface area contributed by atoms with E-state index in [1.165, 1.54) is 0 Å². The number of hydrogen-bond acceptors (Lipinski definition) is 4. The molecule has 0 unspecified atom stereocenters. The molecule has 2 aromatic carbocycles. The van der Waals surface area contributed by atoms with Crippen LogP contribution in [0, 0.1) is 0 Å². The average molecular weight is 311 g/mol. The number of aromatic nitrogens is 2. The van der Waals surface area contributed by atoms with Gasteiger partial charge in [0.15, 0.2) is 0 Å². The summed E-state index contributed by atoms with van der Waals surface area (Å²) in [5.74, 6) is 0.452. The number of amides is 1. The number of nitrogens with one attached hydrogen (secondary N) is 1. The van der Waals surface area contributed by atoms with Crippen LogP contribution >= 0.6 is 0 Å². The van der Waals surface area contributed by atoms with Gasteiger partial charge in [-0.15, -0.1) is 0 Å². The summed E-state index contributed by atoms with van der Waals surface area (Å²) in [7, 11) is 1.91. The molecule has 2 N–H and O–H groups in total. The van der Waals surface area contributed by atoms with Gasteiger partial charge in [-0.1, -0.05) is 0 Å². The molecule has 6 nitrogen and oxygen atoms in total. The quantitative estimate of drug-likeness (QED) is 0.757. The molecule has 0 saturated heterocycles. The molecule has 6 heteroatoms. The Morgan fingerprint density at radius 2 is 2.04 bits per heavy atom. The first-order valence-corrected chi connectivity index (χ1v) is 7.23. The first kappa shape index (κ1) is 15.1. The van der Waals surface area contributed by atoms with E-state index in [1.54, 1.807) is 42.7 Å². The predicted octanol–water partition coefficient (Wildman–Crippen LogP) is 2.20. The van der Waals surface area contributed by atoms with E-state index in [1.807, 2.05) is 17.7 Å². The highest BCUT2D eigenvalue weighted by atomic mass is 16.5. The van der Waals surface area contributed by atoms with E-state index in [-0.39, 0.29) is 19.1 Å². The lowest BCUT2D eigenvalue weighted by atomic mass is 10.2. The third kappa shape index (κ3) is 3.32. The maximum atomic E-state index is 12.3. The van der Waals surface area contributed by atoms with Crippen LogP contribution in [0.1, 0.15) is 10.4 Å². The molecule has 3 aromatic rings. The van der Waals surface area contributed by atoms with Crippen molar-refractivity contribution >= 4 is 22.6 Å². The zero-order valence-corrected chi connectivity index (χ0v) is 12.7. The number of hydrogen-bond donors (Lipinski definition) is 2. The number of nitrogens with zero attached hydrogens (tertiary/aromatic N) is 2. The van der Waals surface area contributed by atoms with Crippen molar-refractivity contribution < 1.29 is 14.6 Å². The number of rotatable bonds is 5. The number of carbonyl (C=O) groups excluding carboxylic acids is 1. The smallest absolute Gasteiger partial charge is 0.255 e. The summed E-state index contributed by atoms with van der Waals surface area (Å²) in [4.78, 5) is 16.6. The van der Waals surface area contributed by atoms with Crippen LogP contribution in [0.5, 0.6) is 5.75 Å². The summed E-state index contributed by atoms with van der Waals surface area (Å²) in [5.41, 5.74) is 2.99. The summed E-state index contributed by atoms with van der Waals surface area (Å²) in [6.45, 7) is 0.213. The molecule has 0 radical (unpaired) electrons. The lowest BCUT2D eigenvalue weighted by molar-refractivity contribution is 0.102. The number of carbonyl (C=O) groups is 1. The minimum Gasteiger partial charge on any atom is -0.491 e. The number of ether oxygens (including phenoxy) is 1. The molecule has 0 saturated carbocycles. The average Bonchev–Trinajstić information content (AvgIpc) is 2.95. The van der Waals surface area contributed by atoms with E-state index in [0.29, 0.717) is 17.0 Å². The molecule has 0 aliphatic rings. The standard InChI is InChI=1S/C17H17N3O3/c1-20-11-18-15-10-12(2-7-16(15)20)17(22)19-13-3-5-14(6-4-13)23-9-8-21/h2-7,10-11,21H,8-9H2,1H3,(H,19,22). The van der Waals surface area contributed by atoms with Crippen molar-refractivity contribution in [2.24, 2.45) is 7.05 Å². The van der Waals surface area contributed by atoms with Crippen LogP contribution in [-0.4, -0.2) is 33.8 Å². The molecule has 23 heavy (non-hydrogen) atoms. The molecule has 0 atom stereocenters. The van der Waals surface area contributed by atoms with Crippen LogP contribution in [0.15, 0.2) is 48.8 Å². The second-order valence-electron chi connectivity index (χ2n) is 5.11. The molecule has 0 aliphatic carbocycles. The fraction of sp³-hybridized carbons (Fsp3) is 0.176. The van der Waals surface area contributed by atoms with Crippen LogP contribution in [0.25, 0.3) is 11.0 Å². The Kier molecular flexibility index (Phi) is 4.25. The fourth-order valence-corrected chi connectivity index (χ4v) is 2.28. The Labute approximate surface area is 133 Å². The molecule has 3 rings (SSSR count). The maximum absolute atomic E-state index is 12.3. The largest absolute Gasteiger partial charge is 0.491 e. The van der Waals surface area contributed by atoms with E-state index >= 15 is 0 Å². The van der Waals surface area contributed by atoms with E-state index in [9.17, 15) is 4.79 Å². The van der Waals surface area contributed by atoms with E-state index in [4.69, 9.17) is 9.84 Å². The first-order chi connectivity index (χ1) is 11.2. The molecule has 1 amide bonds. The van der Waals surface area contributed by atoms with Crippen molar-refractivity contribution in [3.63, 3.8) is 0 Å². The SMILES string of the molecule is Cn1cnc2cc(C(=O)Nc3ccc(OCCO)cc3)ccc21. The van der Waals surface area contributed by atoms with Crippen LogP contribution in [-0.2, 0) is 7.05 Å². The number of aryl methyl sites for hydroxylation is 1. The predicted molar refractivity (Wildman–Crippen MR) is 87.7 cm³/mol. The van der Waals surface area contributed by atoms with Gasteiger partial charge in [0.25, 0.3) is 5.91 Å². The Morgan fingerprint density at radius 3 is 2.78 bits per heavy atom. The van der Waals surface area contributed by atoms with E-state index in [2.05, 4.69) is 10.3 Å². The molecule has 0 fully saturated rings. The summed E-state index contributed by atoms with van der Waals surface area (Å²) in [6.07, 6.45) is 1.72. The Hall–Kier alpha value is -2.86. The van der Waals surface area contributed by atoms with Gasteiger partial charge < -0.3 is 19.7 Å². The van der Waals surface area contributed by atoms with Crippen LogP contribution < -0.4 is 10.1 Å². The zero-order valence-electron chi connectivity index (χ0n) is 12.7. The van der Waals surface area contributed by atoms with E-state index < -0.39 is 0 Å². The van der Waals surface area contributed by atoms with Crippen molar-refractivity contribution in [3.8, 4) is 5.75 Å². The normalized spacial score (nSPS) is 10.7. The number of imidazole rings is 1. The number of aliphatic hydroxyl groups is 1. The highest BCUT2D eigenvalue weighted by Gasteiger charge is 2.09. The van der Waals surface area contributed by atoms with Gasteiger partial charge in [0.05, 0.1) is 24.0 Å². The number of fused-ring (bicyclic) bond motifs is 1. The second kappa shape index (κ2) is 6.50. The summed E-state index contributed by atoms with van der Waals surface area (Å²) in [5, 5.41) is 11.5. The molecule has 0 spiro atoms. The zero-order chi connectivity index (χ0) is 16.2. The molecular formula is C17H17N3O3. The van der Waals surface area contributed by atoms with Gasteiger partial charge in [0.2, 0.25) is 0 Å². The maximum Gasteiger partial charge on any atom is 0.255 e. The molecular weight excluding hydrogens is 294 g/mol. The topological polar surface area (TPSA) is 76.4 Å².